The van der Waals surface area contributed by atoms with E-state index in [9.17, 15) is 4.79 Å². The van der Waals surface area contributed by atoms with Gasteiger partial charge in [-0.3, -0.25) is 9.78 Å². The van der Waals surface area contributed by atoms with Crippen LogP contribution in [0.4, 0.5) is 0 Å². The zero-order valence-corrected chi connectivity index (χ0v) is 12.3. The third-order valence-corrected chi connectivity index (χ3v) is 3.88. The van der Waals surface area contributed by atoms with E-state index >= 15 is 0 Å². The summed E-state index contributed by atoms with van der Waals surface area (Å²) >= 11 is 0. The zero-order valence-electron chi connectivity index (χ0n) is 12.3. The molecule has 1 saturated heterocycles. The second-order valence-electron chi connectivity index (χ2n) is 5.39. The molecule has 2 aromatic rings. The zero-order chi connectivity index (χ0) is 15.6. The maximum atomic E-state index is 12.6. The van der Waals surface area contributed by atoms with Crippen LogP contribution in [0.2, 0.25) is 0 Å². The molecule has 2 aliphatic heterocycles. The number of carbonyl (C=O) groups is 1. The third kappa shape index (κ3) is 2.77. The van der Waals surface area contributed by atoms with E-state index < -0.39 is 0 Å². The van der Waals surface area contributed by atoms with Crippen LogP contribution in [-0.2, 0) is 0 Å². The number of nitrogens with zero attached hydrogens (tertiary/aromatic N) is 3. The molecule has 118 valence electrons. The maximum Gasteiger partial charge on any atom is 0.254 e. The monoisotopic (exact) mass is 313 g/mol. The number of hydrogen-bond acceptors (Lipinski definition) is 6. The quantitative estimate of drug-likeness (QED) is 0.855. The van der Waals surface area contributed by atoms with Crippen molar-refractivity contribution in [2.24, 2.45) is 0 Å². The highest BCUT2D eigenvalue weighted by Gasteiger charge is 2.29. The summed E-state index contributed by atoms with van der Waals surface area (Å²) in [6.07, 6.45) is 5.45. The molecule has 1 aromatic heterocycles. The Kier molecular flexibility index (Phi) is 3.45. The maximum absolute atomic E-state index is 12.6. The third-order valence-electron chi connectivity index (χ3n) is 3.88. The molecule has 0 saturated carbocycles. The molecule has 1 aromatic carbocycles. The van der Waals surface area contributed by atoms with Gasteiger partial charge in [0.05, 0.1) is 12.7 Å². The van der Waals surface area contributed by atoms with Crippen LogP contribution in [0.25, 0.3) is 0 Å². The van der Waals surface area contributed by atoms with E-state index in [0.29, 0.717) is 36.0 Å². The number of hydrogen-bond donors (Lipinski definition) is 0. The molecular weight excluding hydrogens is 298 g/mol. The first-order valence-electron chi connectivity index (χ1n) is 7.41. The molecule has 0 spiro atoms. The number of carbonyl (C=O) groups excluding carboxylic acids is 1. The number of likely N-dealkylation sites (tertiary alicyclic amines) is 1. The summed E-state index contributed by atoms with van der Waals surface area (Å²) < 4.78 is 16.3. The number of fused-ring (bicyclic) bond motifs is 1. The minimum absolute atomic E-state index is 0.0338. The number of amides is 1. The first-order chi connectivity index (χ1) is 11.3. The topological polar surface area (TPSA) is 73.8 Å². The van der Waals surface area contributed by atoms with Gasteiger partial charge in [-0.2, -0.15) is 0 Å². The Morgan fingerprint density at radius 3 is 3.04 bits per heavy atom. The molecular formula is C16H15N3O4. The van der Waals surface area contributed by atoms with Crippen molar-refractivity contribution in [3.05, 3.63) is 42.4 Å². The van der Waals surface area contributed by atoms with Crippen molar-refractivity contribution >= 4 is 5.91 Å². The smallest absolute Gasteiger partial charge is 0.254 e. The summed E-state index contributed by atoms with van der Waals surface area (Å²) in [4.78, 5) is 22.4. The van der Waals surface area contributed by atoms with Crippen LogP contribution in [-0.4, -0.2) is 46.8 Å². The average molecular weight is 313 g/mol. The van der Waals surface area contributed by atoms with Gasteiger partial charge in [-0.25, -0.2) is 4.98 Å². The van der Waals surface area contributed by atoms with Crippen molar-refractivity contribution in [2.75, 3.05) is 19.9 Å². The number of ether oxygens (including phenoxy) is 3. The largest absolute Gasteiger partial charge is 0.471 e. The lowest BCUT2D eigenvalue weighted by Crippen LogP contribution is -2.31. The van der Waals surface area contributed by atoms with E-state index in [2.05, 4.69) is 9.97 Å². The molecule has 1 amide bonds. The average Bonchev–Trinajstić information content (AvgIpc) is 3.23. The minimum Gasteiger partial charge on any atom is -0.471 e. The van der Waals surface area contributed by atoms with Crippen LogP contribution in [0.1, 0.15) is 16.8 Å². The van der Waals surface area contributed by atoms with Gasteiger partial charge in [0.15, 0.2) is 11.5 Å². The standard InChI is InChI=1S/C16H15N3O4/c20-16(11-1-2-13-14(7-11)22-10-21-13)19-6-3-12(9-19)23-15-8-17-4-5-18-15/h1-2,4-5,7-8,12H,3,6,9-10H2. The van der Waals surface area contributed by atoms with Crippen molar-refractivity contribution in [1.29, 1.82) is 0 Å². The lowest BCUT2D eigenvalue weighted by Gasteiger charge is -2.17. The Balaban J connectivity index is 1.42. The summed E-state index contributed by atoms with van der Waals surface area (Å²) in [5.41, 5.74) is 0.592. The summed E-state index contributed by atoms with van der Waals surface area (Å²) in [7, 11) is 0. The highest BCUT2D eigenvalue weighted by Crippen LogP contribution is 2.33. The molecule has 4 rings (SSSR count). The van der Waals surface area contributed by atoms with Crippen molar-refractivity contribution in [2.45, 2.75) is 12.5 Å². The van der Waals surface area contributed by atoms with Gasteiger partial charge < -0.3 is 19.1 Å². The lowest BCUT2D eigenvalue weighted by atomic mass is 10.2. The van der Waals surface area contributed by atoms with Gasteiger partial charge in [-0.15, -0.1) is 0 Å². The van der Waals surface area contributed by atoms with E-state index in [1.807, 2.05) is 0 Å². The molecule has 1 fully saturated rings. The first-order valence-corrected chi connectivity index (χ1v) is 7.41. The van der Waals surface area contributed by atoms with Crippen LogP contribution >= 0.6 is 0 Å². The highest BCUT2D eigenvalue weighted by molar-refractivity contribution is 5.95. The Hall–Kier alpha value is -2.83. The van der Waals surface area contributed by atoms with E-state index in [4.69, 9.17) is 14.2 Å². The van der Waals surface area contributed by atoms with Crippen molar-refractivity contribution in [3.63, 3.8) is 0 Å². The minimum atomic E-state index is -0.0651. The summed E-state index contributed by atoms with van der Waals surface area (Å²) in [6.45, 7) is 1.38. The lowest BCUT2D eigenvalue weighted by molar-refractivity contribution is 0.0770. The molecule has 0 aliphatic carbocycles. The fourth-order valence-electron chi connectivity index (χ4n) is 2.74. The van der Waals surface area contributed by atoms with Crippen molar-refractivity contribution in [3.8, 4) is 17.4 Å². The van der Waals surface area contributed by atoms with Gasteiger partial charge in [0, 0.05) is 30.9 Å². The molecule has 1 atom stereocenters. The predicted octanol–water partition coefficient (Wildman–Crippen LogP) is 1.50. The molecule has 0 N–H and O–H groups in total. The Morgan fingerprint density at radius 1 is 1.26 bits per heavy atom. The number of benzene rings is 1. The van der Waals surface area contributed by atoms with Gasteiger partial charge in [-0.05, 0) is 18.2 Å². The van der Waals surface area contributed by atoms with E-state index in [0.717, 1.165) is 6.42 Å². The molecule has 2 aliphatic rings. The van der Waals surface area contributed by atoms with E-state index in [1.165, 1.54) is 0 Å². The molecule has 23 heavy (non-hydrogen) atoms. The summed E-state index contributed by atoms with van der Waals surface area (Å²) in [5.74, 6) is 1.73. The predicted molar refractivity (Wildman–Crippen MR) is 79.5 cm³/mol. The molecule has 1 unspecified atom stereocenters. The number of rotatable bonds is 3. The molecule has 7 nitrogen and oxygen atoms in total. The Morgan fingerprint density at radius 2 is 2.17 bits per heavy atom. The molecule has 0 bridgehead atoms. The van der Waals surface area contributed by atoms with Crippen LogP contribution in [0.3, 0.4) is 0 Å². The second-order valence-corrected chi connectivity index (χ2v) is 5.39. The highest BCUT2D eigenvalue weighted by atomic mass is 16.7. The van der Waals surface area contributed by atoms with Gasteiger partial charge in [0.25, 0.3) is 5.91 Å². The Bertz CT molecular complexity index is 723. The van der Waals surface area contributed by atoms with Gasteiger partial charge in [0.2, 0.25) is 12.7 Å². The van der Waals surface area contributed by atoms with Gasteiger partial charge >= 0.3 is 0 Å². The fraction of sp³-hybridized carbons (Fsp3) is 0.312. The Labute approximate surface area is 132 Å². The summed E-state index contributed by atoms with van der Waals surface area (Å²) in [5, 5.41) is 0. The van der Waals surface area contributed by atoms with Crippen molar-refractivity contribution in [1.82, 2.24) is 14.9 Å². The van der Waals surface area contributed by atoms with E-state index in [1.54, 1.807) is 41.7 Å². The summed E-state index contributed by atoms with van der Waals surface area (Å²) in [6, 6.07) is 5.24. The van der Waals surface area contributed by atoms with Crippen LogP contribution < -0.4 is 14.2 Å². The van der Waals surface area contributed by atoms with Crippen LogP contribution in [0.15, 0.2) is 36.8 Å². The molecule has 3 heterocycles. The van der Waals surface area contributed by atoms with E-state index in [-0.39, 0.29) is 18.8 Å². The van der Waals surface area contributed by atoms with Gasteiger partial charge in [-0.1, -0.05) is 0 Å². The SMILES string of the molecule is O=C(c1ccc2c(c1)OCO2)N1CCC(Oc2cnccn2)C1. The first kappa shape index (κ1) is 13.8. The van der Waals surface area contributed by atoms with Crippen LogP contribution in [0.5, 0.6) is 17.4 Å². The second kappa shape index (κ2) is 5.75. The van der Waals surface area contributed by atoms with Gasteiger partial charge in [0.1, 0.15) is 6.10 Å². The van der Waals surface area contributed by atoms with Crippen LogP contribution in [0, 0.1) is 0 Å². The van der Waals surface area contributed by atoms with Crippen molar-refractivity contribution < 1.29 is 19.0 Å². The molecule has 7 heteroatoms. The normalized spacial score (nSPS) is 19.0. The molecule has 0 radical (unpaired) electrons. The fourth-order valence-corrected chi connectivity index (χ4v) is 2.74. The number of aromatic nitrogens is 2.